The zero-order valence-electron chi connectivity index (χ0n) is 13.8. The van der Waals surface area contributed by atoms with E-state index >= 15 is 0 Å². The van der Waals surface area contributed by atoms with E-state index in [2.05, 4.69) is 20.3 Å². The van der Waals surface area contributed by atoms with Gasteiger partial charge in [0, 0.05) is 6.20 Å². The number of imidazole rings is 1. The van der Waals surface area contributed by atoms with Crippen LogP contribution in [0.1, 0.15) is 15.9 Å². The molecule has 0 bridgehead atoms. The van der Waals surface area contributed by atoms with Crippen LogP contribution in [0.5, 0.6) is 0 Å². The first kappa shape index (κ1) is 15.8. The maximum atomic E-state index is 12.4. The number of amides is 1. The highest BCUT2D eigenvalue weighted by Gasteiger charge is 2.11. The average Bonchev–Trinajstić information content (AvgIpc) is 3.06. The quantitative estimate of drug-likeness (QED) is 0.593. The fourth-order valence-corrected chi connectivity index (χ4v) is 2.65. The summed E-state index contributed by atoms with van der Waals surface area (Å²) in [7, 11) is 0. The lowest BCUT2D eigenvalue weighted by Crippen LogP contribution is -2.12. The van der Waals surface area contributed by atoms with Gasteiger partial charge in [-0.3, -0.25) is 4.79 Å². The van der Waals surface area contributed by atoms with E-state index in [0.717, 1.165) is 11.2 Å². The molecule has 1 aromatic carbocycles. The van der Waals surface area contributed by atoms with Crippen LogP contribution in [0, 0.1) is 0 Å². The fraction of sp³-hybridized carbons (Fsp3) is 0.0526. The normalized spacial score (nSPS) is 10.8. The summed E-state index contributed by atoms with van der Waals surface area (Å²) < 4.78 is 1.95. The van der Waals surface area contributed by atoms with Crippen LogP contribution in [0.15, 0.2) is 67.3 Å². The molecule has 0 atom stereocenters. The minimum absolute atomic E-state index is 0.274. The molecule has 3 aromatic heterocycles. The number of carbonyl (C=O) groups is 1. The third kappa shape index (κ3) is 3.23. The molecular formula is C19H16N6O. The topological polar surface area (TPSA) is 98.7 Å². The van der Waals surface area contributed by atoms with Gasteiger partial charge >= 0.3 is 0 Å². The van der Waals surface area contributed by atoms with Crippen LogP contribution in [0.25, 0.3) is 11.2 Å². The van der Waals surface area contributed by atoms with Crippen molar-refractivity contribution < 1.29 is 4.79 Å². The number of nitrogens with one attached hydrogen (secondary N) is 1. The van der Waals surface area contributed by atoms with Crippen molar-refractivity contribution in [3.05, 3.63) is 78.4 Å². The number of nitrogens with zero attached hydrogens (tertiary/aromatic N) is 4. The zero-order valence-corrected chi connectivity index (χ0v) is 13.8. The average molecular weight is 344 g/mol. The number of fused-ring (bicyclic) bond motifs is 1. The number of carbonyl (C=O) groups excluding carboxylic acids is 1. The van der Waals surface area contributed by atoms with Crippen LogP contribution in [0.3, 0.4) is 0 Å². The van der Waals surface area contributed by atoms with Crippen molar-refractivity contribution in [2.45, 2.75) is 6.54 Å². The molecule has 4 aromatic rings. The molecule has 4 rings (SSSR count). The SMILES string of the molecule is Nc1ccc(NC(=O)c2cnc3c(c2)ncn3Cc2ccccc2)cn1. The Labute approximate surface area is 149 Å². The molecule has 0 saturated heterocycles. The first-order valence-corrected chi connectivity index (χ1v) is 8.07. The van der Waals surface area contributed by atoms with E-state index in [1.165, 1.54) is 6.20 Å². The molecule has 26 heavy (non-hydrogen) atoms. The van der Waals surface area contributed by atoms with Crippen LogP contribution in [0.2, 0.25) is 0 Å². The zero-order chi connectivity index (χ0) is 17.9. The second-order valence-electron chi connectivity index (χ2n) is 5.85. The lowest BCUT2D eigenvalue weighted by molar-refractivity contribution is 0.102. The molecule has 7 nitrogen and oxygen atoms in total. The predicted molar refractivity (Wildman–Crippen MR) is 99.7 cm³/mol. The fourth-order valence-electron chi connectivity index (χ4n) is 2.65. The molecule has 1 amide bonds. The van der Waals surface area contributed by atoms with Gasteiger partial charge in [-0.05, 0) is 23.8 Å². The molecule has 7 heteroatoms. The van der Waals surface area contributed by atoms with E-state index in [4.69, 9.17) is 5.73 Å². The monoisotopic (exact) mass is 344 g/mol. The van der Waals surface area contributed by atoms with E-state index in [-0.39, 0.29) is 5.91 Å². The van der Waals surface area contributed by atoms with E-state index in [0.29, 0.717) is 29.1 Å². The van der Waals surface area contributed by atoms with Crippen molar-refractivity contribution in [3.63, 3.8) is 0 Å². The van der Waals surface area contributed by atoms with E-state index in [1.54, 1.807) is 30.7 Å². The summed E-state index contributed by atoms with van der Waals surface area (Å²) in [6.07, 6.45) is 4.79. The Balaban J connectivity index is 1.56. The molecule has 0 saturated carbocycles. The van der Waals surface area contributed by atoms with Crippen LogP contribution < -0.4 is 11.1 Å². The number of nitrogens with two attached hydrogens (primary N) is 1. The summed E-state index contributed by atoms with van der Waals surface area (Å²) in [5.74, 6) is 0.124. The maximum absolute atomic E-state index is 12.4. The summed E-state index contributed by atoms with van der Waals surface area (Å²) in [6.45, 7) is 0.674. The number of pyridine rings is 2. The first-order chi connectivity index (χ1) is 12.7. The largest absolute Gasteiger partial charge is 0.384 e. The van der Waals surface area contributed by atoms with Gasteiger partial charge in [0.25, 0.3) is 5.91 Å². The maximum Gasteiger partial charge on any atom is 0.257 e. The van der Waals surface area contributed by atoms with Gasteiger partial charge in [0.05, 0.1) is 30.3 Å². The summed E-state index contributed by atoms with van der Waals surface area (Å²) >= 11 is 0. The van der Waals surface area contributed by atoms with Crippen LogP contribution >= 0.6 is 0 Å². The Morgan fingerprint density at radius 2 is 1.88 bits per heavy atom. The highest BCUT2D eigenvalue weighted by atomic mass is 16.1. The molecule has 0 radical (unpaired) electrons. The third-order valence-electron chi connectivity index (χ3n) is 3.96. The van der Waals surface area contributed by atoms with Crippen LogP contribution in [-0.4, -0.2) is 25.4 Å². The van der Waals surface area contributed by atoms with Crippen molar-refractivity contribution in [3.8, 4) is 0 Å². The second kappa shape index (κ2) is 6.64. The number of anilines is 2. The second-order valence-corrected chi connectivity index (χ2v) is 5.85. The molecule has 0 fully saturated rings. The van der Waals surface area contributed by atoms with Crippen molar-refractivity contribution in [2.24, 2.45) is 0 Å². The van der Waals surface area contributed by atoms with Gasteiger partial charge in [-0.25, -0.2) is 15.0 Å². The molecule has 3 N–H and O–H groups in total. The van der Waals surface area contributed by atoms with Gasteiger partial charge in [0.15, 0.2) is 5.65 Å². The van der Waals surface area contributed by atoms with Crippen molar-refractivity contribution in [1.82, 2.24) is 19.5 Å². The van der Waals surface area contributed by atoms with Crippen molar-refractivity contribution >= 4 is 28.6 Å². The lowest BCUT2D eigenvalue weighted by Gasteiger charge is -2.06. The summed E-state index contributed by atoms with van der Waals surface area (Å²) in [4.78, 5) is 25.1. The molecule has 0 aliphatic heterocycles. The van der Waals surface area contributed by atoms with Gasteiger partial charge < -0.3 is 15.6 Å². The number of rotatable bonds is 4. The van der Waals surface area contributed by atoms with Gasteiger partial charge in [-0.2, -0.15) is 0 Å². The van der Waals surface area contributed by atoms with Crippen molar-refractivity contribution in [2.75, 3.05) is 11.1 Å². The van der Waals surface area contributed by atoms with Crippen LogP contribution in [-0.2, 0) is 6.54 Å². The molecular weight excluding hydrogens is 328 g/mol. The summed E-state index contributed by atoms with van der Waals surface area (Å²) in [5, 5.41) is 2.77. The lowest BCUT2D eigenvalue weighted by atomic mass is 10.2. The summed E-state index contributed by atoms with van der Waals surface area (Å²) in [6, 6.07) is 15.1. The number of hydrogen-bond acceptors (Lipinski definition) is 5. The van der Waals surface area contributed by atoms with E-state index in [9.17, 15) is 4.79 Å². The molecule has 128 valence electrons. The summed E-state index contributed by atoms with van der Waals surface area (Å²) in [5.41, 5.74) is 9.11. The Kier molecular flexibility index (Phi) is 4.03. The predicted octanol–water partition coefficient (Wildman–Crippen LogP) is 2.71. The highest BCUT2D eigenvalue weighted by Crippen LogP contribution is 2.15. The standard InChI is InChI=1S/C19H16N6O/c20-17-7-6-15(10-21-17)24-19(26)14-8-16-18(22-9-14)25(12-23-16)11-13-4-2-1-3-5-13/h1-10,12H,11H2,(H2,20,21)(H,24,26). The molecule has 0 spiro atoms. The number of benzene rings is 1. The van der Waals surface area contributed by atoms with E-state index in [1.807, 2.05) is 34.9 Å². The first-order valence-electron chi connectivity index (χ1n) is 8.07. The van der Waals surface area contributed by atoms with Gasteiger partial charge in [0.1, 0.15) is 11.3 Å². The van der Waals surface area contributed by atoms with Gasteiger partial charge in [0.2, 0.25) is 0 Å². The third-order valence-corrected chi connectivity index (χ3v) is 3.96. The Morgan fingerprint density at radius 1 is 1.04 bits per heavy atom. The number of nitrogen functional groups attached to an aromatic ring is 1. The van der Waals surface area contributed by atoms with Gasteiger partial charge in [-0.1, -0.05) is 30.3 Å². The minimum atomic E-state index is -0.274. The molecule has 0 aliphatic carbocycles. The smallest absolute Gasteiger partial charge is 0.257 e. The molecule has 0 aliphatic rings. The Bertz CT molecular complexity index is 1060. The van der Waals surface area contributed by atoms with Gasteiger partial charge in [-0.15, -0.1) is 0 Å². The highest BCUT2D eigenvalue weighted by molar-refractivity contribution is 6.05. The van der Waals surface area contributed by atoms with Crippen molar-refractivity contribution in [1.29, 1.82) is 0 Å². The van der Waals surface area contributed by atoms with Crippen LogP contribution in [0.4, 0.5) is 11.5 Å². The number of hydrogen-bond donors (Lipinski definition) is 2. The van der Waals surface area contributed by atoms with E-state index < -0.39 is 0 Å². The molecule has 0 unspecified atom stereocenters. The Morgan fingerprint density at radius 3 is 2.65 bits per heavy atom. The number of aromatic nitrogens is 4. The molecule has 3 heterocycles. The Hall–Kier alpha value is -3.74. The minimum Gasteiger partial charge on any atom is -0.384 e.